The summed E-state index contributed by atoms with van der Waals surface area (Å²) >= 11 is 0. The van der Waals surface area contributed by atoms with Crippen molar-refractivity contribution in [3.8, 4) is 0 Å². The molecule has 0 radical (unpaired) electrons. The van der Waals surface area contributed by atoms with Gasteiger partial charge in [0.15, 0.2) is 0 Å². The predicted molar refractivity (Wildman–Crippen MR) is 55.5 cm³/mol. The van der Waals surface area contributed by atoms with Crippen LogP contribution in [0.5, 0.6) is 0 Å². The number of rotatable bonds is 2. The van der Waals surface area contributed by atoms with E-state index >= 15 is 0 Å². The Morgan fingerprint density at radius 1 is 1.40 bits per heavy atom. The van der Waals surface area contributed by atoms with E-state index in [0.717, 1.165) is 26.1 Å². The number of ether oxygens (including phenoxy) is 1. The van der Waals surface area contributed by atoms with Crippen molar-refractivity contribution in [2.45, 2.75) is 18.9 Å². The molecule has 2 rings (SSSR count). The van der Waals surface area contributed by atoms with Gasteiger partial charge in [-0.15, -0.1) is 0 Å². The molecule has 0 spiro atoms. The van der Waals surface area contributed by atoms with Gasteiger partial charge in [0, 0.05) is 25.5 Å². The minimum absolute atomic E-state index is 0.0949. The molecular weight excluding hydrogens is 192 g/mol. The molecule has 1 amide bonds. The molecule has 1 aromatic heterocycles. The molecule has 2 heterocycles. The van der Waals surface area contributed by atoms with Gasteiger partial charge in [0.2, 0.25) is 0 Å². The third kappa shape index (κ3) is 2.76. The highest BCUT2D eigenvalue weighted by Crippen LogP contribution is 2.07. The molecule has 1 aliphatic heterocycles. The van der Waals surface area contributed by atoms with E-state index in [-0.39, 0.29) is 11.9 Å². The minimum Gasteiger partial charge on any atom is -0.381 e. The molecule has 4 heteroatoms. The Balaban J connectivity index is 1.91. The number of hydrogen-bond donors (Lipinski definition) is 1. The van der Waals surface area contributed by atoms with Crippen LogP contribution in [0, 0.1) is 0 Å². The van der Waals surface area contributed by atoms with E-state index < -0.39 is 0 Å². The molecule has 1 fully saturated rings. The zero-order chi connectivity index (χ0) is 10.5. The highest BCUT2D eigenvalue weighted by molar-refractivity contribution is 5.92. The number of carbonyl (C=O) groups excluding carboxylic acids is 1. The Labute approximate surface area is 88.7 Å². The van der Waals surface area contributed by atoms with Crippen molar-refractivity contribution in [3.05, 3.63) is 30.1 Å². The maximum absolute atomic E-state index is 11.7. The van der Waals surface area contributed by atoms with Gasteiger partial charge in [-0.05, 0) is 25.0 Å². The summed E-state index contributed by atoms with van der Waals surface area (Å²) in [5.41, 5.74) is 0.476. The van der Waals surface area contributed by atoms with Crippen LogP contribution in [0.25, 0.3) is 0 Å². The van der Waals surface area contributed by atoms with Crippen LogP contribution < -0.4 is 5.32 Å². The first kappa shape index (κ1) is 10.1. The number of nitrogens with zero attached hydrogens (tertiary/aromatic N) is 1. The summed E-state index contributed by atoms with van der Waals surface area (Å²) in [6.45, 7) is 1.46. The number of nitrogens with one attached hydrogen (secondary N) is 1. The Hall–Kier alpha value is -1.42. The molecule has 1 N–H and O–H groups in total. The summed E-state index contributed by atoms with van der Waals surface area (Å²) in [5, 5.41) is 2.95. The van der Waals surface area contributed by atoms with Gasteiger partial charge in [0.25, 0.3) is 5.91 Å². The second-order valence-corrected chi connectivity index (χ2v) is 3.58. The van der Waals surface area contributed by atoms with Gasteiger partial charge in [-0.3, -0.25) is 9.78 Å². The number of aromatic nitrogens is 1. The fourth-order valence-electron chi connectivity index (χ4n) is 1.60. The van der Waals surface area contributed by atoms with Crippen molar-refractivity contribution in [3.63, 3.8) is 0 Å². The summed E-state index contributed by atoms with van der Waals surface area (Å²) in [4.78, 5) is 15.7. The van der Waals surface area contributed by atoms with Crippen LogP contribution in [0.1, 0.15) is 23.3 Å². The lowest BCUT2D eigenvalue weighted by Gasteiger charge is -2.22. The second-order valence-electron chi connectivity index (χ2n) is 3.58. The van der Waals surface area contributed by atoms with E-state index in [9.17, 15) is 4.79 Å². The van der Waals surface area contributed by atoms with Crippen LogP contribution in [-0.2, 0) is 4.74 Å². The molecule has 0 unspecified atom stereocenters. The second kappa shape index (κ2) is 4.89. The van der Waals surface area contributed by atoms with Crippen LogP contribution in [0.3, 0.4) is 0 Å². The van der Waals surface area contributed by atoms with Crippen LogP contribution in [-0.4, -0.2) is 30.1 Å². The largest absolute Gasteiger partial charge is 0.381 e. The van der Waals surface area contributed by atoms with Gasteiger partial charge in [-0.1, -0.05) is 6.07 Å². The van der Waals surface area contributed by atoms with Crippen molar-refractivity contribution in [1.29, 1.82) is 0 Å². The van der Waals surface area contributed by atoms with Crippen molar-refractivity contribution in [2.24, 2.45) is 0 Å². The summed E-state index contributed by atoms with van der Waals surface area (Å²) < 4.78 is 5.22. The van der Waals surface area contributed by atoms with Gasteiger partial charge in [-0.2, -0.15) is 0 Å². The molecule has 80 valence electrons. The zero-order valence-corrected chi connectivity index (χ0v) is 8.48. The topological polar surface area (TPSA) is 51.2 Å². The fraction of sp³-hybridized carbons (Fsp3) is 0.455. The van der Waals surface area contributed by atoms with Gasteiger partial charge < -0.3 is 10.1 Å². The zero-order valence-electron chi connectivity index (χ0n) is 8.48. The van der Waals surface area contributed by atoms with E-state index in [1.165, 1.54) is 0 Å². The Morgan fingerprint density at radius 2 is 2.20 bits per heavy atom. The monoisotopic (exact) mass is 206 g/mol. The highest BCUT2D eigenvalue weighted by Gasteiger charge is 2.17. The number of amides is 1. The molecule has 0 saturated carbocycles. The Morgan fingerprint density at radius 3 is 2.87 bits per heavy atom. The molecule has 4 nitrogen and oxygen atoms in total. The van der Waals surface area contributed by atoms with Gasteiger partial charge in [0.1, 0.15) is 5.69 Å². The van der Waals surface area contributed by atoms with Crippen molar-refractivity contribution >= 4 is 5.91 Å². The minimum atomic E-state index is -0.0949. The SMILES string of the molecule is O=C(NC1CCOCC1)c1ccccn1. The molecule has 0 bridgehead atoms. The standard InChI is InChI=1S/C11H14N2O2/c14-11(10-3-1-2-6-12-10)13-9-4-7-15-8-5-9/h1-3,6,9H,4-5,7-8H2,(H,13,14). The van der Waals surface area contributed by atoms with E-state index in [1.54, 1.807) is 18.3 Å². The molecule has 0 aromatic carbocycles. The summed E-state index contributed by atoms with van der Waals surface area (Å²) in [6.07, 6.45) is 3.40. The van der Waals surface area contributed by atoms with Crippen LogP contribution in [0.4, 0.5) is 0 Å². The molecule has 1 aromatic rings. The Bertz CT molecular complexity index is 321. The number of carbonyl (C=O) groups is 1. The van der Waals surface area contributed by atoms with Gasteiger partial charge in [-0.25, -0.2) is 0 Å². The Kier molecular flexibility index (Phi) is 3.29. The smallest absolute Gasteiger partial charge is 0.270 e. The van der Waals surface area contributed by atoms with E-state index in [4.69, 9.17) is 4.74 Å². The van der Waals surface area contributed by atoms with Gasteiger partial charge >= 0.3 is 0 Å². The third-order valence-electron chi connectivity index (χ3n) is 2.45. The lowest BCUT2D eigenvalue weighted by atomic mass is 10.1. The van der Waals surface area contributed by atoms with Crippen LogP contribution in [0.15, 0.2) is 24.4 Å². The van der Waals surface area contributed by atoms with E-state index in [2.05, 4.69) is 10.3 Å². The molecule has 0 atom stereocenters. The van der Waals surface area contributed by atoms with Crippen LogP contribution in [0.2, 0.25) is 0 Å². The fourth-order valence-corrected chi connectivity index (χ4v) is 1.60. The average Bonchev–Trinajstić information content (AvgIpc) is 2.31. The summed E-state index contributed by atoms with van der Waals surface area (Å²) in [5.74, 6) is -0.0949. The van der Waals surface area contributed by atoms with Gasteiger partial charge in [0.05, 0.1) is 0 Å². The number of pyridine rings is 1. The van der Waals surface area contributed by atoms with Crippen LogP contribution >= 0.6 is 0 Å². The summed E-state index contributed by atoms with van der Waals surface area (Å²) in [6, 6.07) is 5.56. The van der Waals surface area contributed by atoms with E-state index in [0.29, 0.717) is 5.69 Å². The lowest BCUT2D eigenvalue weighted by molar-refractivity contribution is 0.0694. The molecule has 15 heavy (non-hydrogen) atoms. The first-order chi connectivity index (χ1) is 7.36. The van der Waals surface area contributed by atoms with Crippen molar-refractivity contribution in [2.75, 3.05) is 13.2 Å². The first-order valence-electron chi connectivity index (χ1n) is 5.16. The predicted octanol–water partition coefficient (Wildman–Crippen LogP) is 0.990. The third-order valence-corrected chi connectivity index (χ3v) is 2.45. The maximum atomic E-state index is 11.7. The highest BCUT2D eigenvalue weighted by atomic mass is 16.5. The summed E-state index contributed by atoms with van der Waals surface area (Å²) in [7, 11) is 0. The first-order valence-corrected chi connectivity index (χ1v) is 5.16. The normalized spacial score (nSPS) is 17.3. The lowest BCUT2D eigenvalue weighted by Crippen LogP contribution is -2.39. The van der Waals surface area contributed by atoms with Crippen molar-refractivity contribution < 1.29 is 9.53 Å². The van der Waals surface area contributed by atoms with E-state index in [1.807, 2.05) is 6.07 Å². The average molecular weight is 206 g/mol. The molecule has 1 saturated heterocycles. The number of hydrogen-bond acceptors (Lipinski definition) is 3. The quantitative estimate of drug-likeness (QED) is 0.785. The van der Waals surface area contributed by atoms with Crippen molar-refractivity contribution in [1.82, 2.24) is 10.3 Å². The maximum Gasteiger partial charge on any atom is 0.270 e. The molecule has 1 aliphatic rings. The molecule has 0 aliphatic carbocycles. The molecular formula is C11H14N2O2.